The summed E-state index contributed by atoms with van der Waals surface area (Å²) in [5.41, 5.74) is 0. The molecule has 0 saturated heterocycles. The van der Waals surface area contributed by atoms with Gasteiger partial charge >= 0.3 is 17.9 Å². The van der Waals surface area contributed by atoms with Crippen LogP contribution in [0.15, 0.2) is 12.7 Å². The van der Waals surface area contributed by atoms with Gasteiger partial charge in [0, 0.05) is 12.8 Å². The molecule has 5 N–H and O–H groups in total. The molecule has 0 aromatic rings. The molecule has 12 nitrogen and oxygen atoms in total. The van der Waals surface area contributed by atoms with Crippen molar-refractivity contribution in [3.63, 3.8) is 0 Å². The molecule has 28 heavy (non-hydrogen) atoms. The van der Waals surface area contributed by atoms with Gasteiger partial charge < -0.3 is 30.9 Å². The summed E-state index contributed by atoms with van der Waals surface area (Å²) in [6.45, 7) is 2.77. The second kappa shape index (κ2) is 13.7. The van der Waals surface area contributed by atoms with E-state index in [0.29, 0.717) is 0 Å². The molecule has 0 saturated carbocycles. The number of nitrogens with one attached hydrogen (secondary N) is 3. The van der Waals surface area contributed by atoms with Crippen LogP contribution in [-0.4, -0.2) is 71.6 Å². The minimum atomic E-state index is -1.43. The number of carbonyl (C=O) groups is 6. The molecule has 0 bridgehead atoms. The second-order valence-electron chi connectivity index (χ2n) is 5.46. The van der Waals surface area contributed by atoms with Gasteiger partial charge in [0.25, 0.3) is 0 Å². The van der Waals surface area contributed by atoms with Crippen molar-refractivity contribution in [2.24, 2.45) is 0 Å². The summed E-state index contributed by atoms with van der Waals surface area (Å²) < 4.78 is 4.74. The monoisotopic (exact) mass is 401 g/mol. The molecular weight excluding hydrogens is 378 g/mol. The third-order valence-electron chi connectivity index (χ3n) is 3.29. The van der Waals surface area contributed by atoms with Crippen LogP contribution in [0.5, 0.6) is 0 Å². The molecule has 0 aliphatic carbocycles. The quantitative estimate of drug-likeness (QED) is 0.119. The Morgan fingerprint density at radius 1 is 1.04 bits per heavy atom. The van der Waals surface area contributed by atoms with Crippen molar-refractivity contribution in [1.29, 1.82) is 0 Å². The summed E-state index contributed by atoms with van der Waals surface area (Å²) in [7, 11) is 0. The number of carboxylic acid groups (broad SMARTS) is 2. The van der Waals surface area contributed by atoms with Crippen LogP contribution in [0, 0.1) is 0 Å². The maximum Gasteiger partial charge on any atom is 0.326 e. The Bertz CT molecular complexity index is 606. The summed E-state index contributed by atoms with van der Waals surface area (Å²) in [6, 6.07) is -2.53. The smallest absolute Gasteiger partial charge is 0.326 e. The number of rotatable bonds is 15. The van der Waals surface area contributed by atoms with E-state index in [9.17, 15) is 28.8 Å². The fourth-order valence-electron chi connectivity index (χ4n) is 1.92. The van der Waals surface area contributed by atoms with Crippen molar-refractivity contribution >= 4 is 36.1 Å². The molecular formula is C16H23N3O9. The lowest BCUT2D eigenvalue weighted by Crippen LogP contribution is -2.49. The first-order valence-electron chi connectivity index (χ1n) is 8.19. The first-order valence-corrected chi connectivity index (χ1v) is 8.19. The number of ether oxygens (including phenoxy) is 1. The molecule has 12 heteroatoms. The average Bonchev–Trinajstić information content (AvgIpc) is 2.64. The van der Waals surface area contributed by atoms with E-state index < -0.39 is 54.8 Å². The van der Waals surface area contributed by atoms with Crippen LogP contribution >= 0.6 is 0 Å². The summed E-state index contributed by atoms with van der Waals surface area (Å²) in [6.07, 6.45) is 0.578. The van der Waals surface area contributed by atoms with E-state index in [2.05, 4.69) is 22.5 Å². The van der Waals surface area contributed by atoms with Crippen molar-refractivity contribution in [2.45, 2.75) is 37.8 Å². The lowest BCUT2D eigenvalue weighted by Gasteiger charge is -2.17. The third-order valence-corrected chi connectivity index (χ3v) is 3.29. The third kappa shape index (κ3) is 11.2. The summed E-state index contributed by atoms with van der Waals surface area (Å²) in [5.74, 6) is -4.87. The highest BCUT2D eigenvalue weighted by atomic mass is 16.5. The normalized spacial score (nSPS) is 12.0. The molecule has 0 aromatic carbocycles. The van der Waals surface area contributed by atoms with Gasteiger partial charge in [-0.1, -0.05) is 12.7 Å². The lowest BCUT2D eigenvalue weighted by molar-refractivity contribution is -0.143. The molecule has 0 aliphatic rings. The number of carboxylic acids is 2. The van der Waals surface area contributed by atoms with Crippen LogP contribution in [0.4, 0.5) is 0 Å². The van der Waals surface area contributed by atoms with E-state index in [4.69, 9.17) is 14.9 Å². The minimum Gasteiger partial charge on any atom is -0.481 e. The maximum absolute atomic E-state index is 12.0. The van der Waals surface area contributed by atoms with E-state index in [1.165, 1.54) is 6.08 Å². The Labute approximate surface area is 160 Å². The molecule has 0 fully saturated rings. The van der Waals surface area contributed by atoms with Gasteiger partial charge in [0.2, 0.25) is 18.2 Å². The van der Waals surface area contributed by atoms with Crippen LogP contribution in [0.1, 0.15) is 25.7 Å². The van der Waals surface area contributed by atoms with Gasteiger partial charge in [0.1, 0.15) is 18.7 Å². The fourth-order valence-corrected chi connectivity index (χ4v) is 1.92. The lowest BCUT2D eigenvalue weighted by atomic mass is 10.1. The number of aliphatic carboxylic acids is 2. The molecule has 3 amide bonds. The van der Waals surface area contributed by atoms with Gasteiger partial charge in [-0.25, -0.2) is 4.79 Å². The zero-order valence-electron chi connectivity index (χ0n) is 15.0. The van der Waals surface area contributed by atoms with E-state index in [0.717, 1.165) is 0 Å². The zero-order chi connectivity index (χ0) is 21.5. The summed E-state index contributed by atoms with van der Waals surface area (Å²) >= 11 is 0. The molecule has 0 heterocycles. The number of amides is 3. The Balaban J connectivity index is 4.53. The molecule has 156 valence electrons. The zero-order valence-corrected chi connectivity index (χ0v) is 15.0. The van der Waals surface area contributed by atoms with Gasteiger partial charge in [-0.05, 0) is 12.8 Å². The predicted molar refractivity (Wildman–Crippen MR) is 92.8 cm³/mol. The predicted octanol–water partition coefficient (Wildman–Crippen LogP) is -1.84. The van der Waals surface area contributed by atoms with Crippen LogP contribution in [0.2, 0.25) is 0 Å². The van der Waals surface area contributed by atoms with Crippen molar-refractivity contribution in [2.75, 3.05) is 13.2 Å². The van der Waals surface area contributed by atoms with Gasteiger partial charge in [0.15, 0.2) is 0 Å². The largest absolute Gasteiger partial charge is 0.481 e. The molecule has 0 spiro atoms. The van der Waals surface area contributed by atoms with Gasteiger partial charge in [0.05, 0.1) is 6.54 Å². The summed E-state index contributed by atoms with van der Waals surface area (Å²) in [5, 5.41) is 24.0. The highest BCUT2D eigenvalue weighted by Crippen LogP contribution is 2.00. The van der Waals surface area contributed by atoms with Crippen LogP contribution < -0.4 is 16.0 Å². The molecule has 2 atom stereocenters. The standard InChI is InChI=1S/C16H23N3O9/c1-2-7-28-14(24)6-4-10(18-9-20)15(25)17-8-12(21)19-11(16(26)27)3-5-13(22)23/h2,9-11H,1,3-8H2,(H,17,25)(H,18,20)(H,19,21)(H,22,23)(H,26,27). The SMILES string of the molecule is C=CCOC(=O)CCC(NC=O)C(=O)NCC(=O)NC(CCC(=O)O)C(=O)O. The second-order valence-corrected chi connectivity index (χ2v) is 5.46. The first-order chi connectivity index (χ1) is 13.2. The van der Waals surface area contributed by atoms with Crippen molar-refractivity contribution < 1.29 is 43.7 Å². The average molecular weight is 401 g/mol. The molecule has 0 radical (unpaired) electrons. The molecule has 2 unspecified atom stereocenters. The number of hydrogen-bond donors (Lipinski definition) is 5. The highest BCUT2D eigenvalue weighted by Gasteiger charge is 2.23. The van der Waals surface area contributed by atoms with Crippen molar-refractivity contribution in [1.82, 2.24) is 16.0 Å². The molecule has 0 aliphatic heterocycles. The Kier molecular flexibility index (Phi) is 12.0. The molecule has 0 aromatic heterocycles. The Morgan fingerprint density at radius 2 is 1.68 bits per heavy atom. The maximum atomic E-state index is 12.0. The van der Waals surface area contributed by atoms with Crippen molar-refractivity contribution in [3.8, 4) is 0 Å². The van der Waals surface area contributed by atoms with Crippen LogP contribution in [-0.2, 0) is 33.5 Å². The van der Waals surface area contributed by atoms with Gasteiger partial charge in [-0.3, -0.25) is 24.0 Å². The van der Waals surface area contributed by atoms with E-state index in [1.807, 2.05) is 0 Å². The Morgan fingerprint density at radius 3 is 2.21 bits per heavy atom. The number of carbonyl (C=O) groups excluding carboxylic acids is 4. The first kappa shape index (κ1) is 24.6. The highest BCUT2D eigenvalue weighted by molar-refractivity contribution is 5.90. The van der Waals surface area contributed by atoms with Crippen LogP contribution in [0.3, 0.4) is 0 Å². The fraction of sp³-hybridized carbons (Fsp3) is 0.500. The number of hydrogen-bond acceptors (Lipinski definition) is 7. The van der Waals surface area contributed by atoms with E-state index >= 15 is 0 Å². The topological polar surface area (TPSA) is 188 Å². The molecule has 0 rings (SSSR count). The minimum absolute atomic E-state index is 0.00357. The van der Waals surface area contributed by atoms with Gasteiger partial charge in [-0.2, -0.15) is 0 Å². The van der Waals surface area contributed by atoms with Crippen LogP contribution in [0.25, 0.3) is 0 Å². The van der Waals surface area contributed by atoms with Crippen molar-refractivity contribution in [3.05, 3.63) is 12.7 Å². The van der Waals surface area contributed by atoms with E-state index in [-0.39, 0.29) is 32.3 Å². The number of esters is 1. The Hall–Kier alpha value is -3.44. The van der Waals surface area contributed by atoms with Gasteiger partial charge in [-0.15, -0.1) is 0 Å². The summed E-state index contributed by atoms with van der Waals surface area (Å²) in [4.78, 5) is 67.3. The van der Waals surface area contributed by atoms with E-state index in [1.54, 1.807) is 0 Å².